The molecule has 6 heteroatoms. The number of piperidine rings is 1. The second kappa shape index (κ2) is 9.31. The number of nitrogens with zero attached hydrogens (tertiary/aromatic N) is 1. The van der Waals surface area contributed by atoms with Crippen molar-refractivity contribution in [2.24, 2.45) is 5.41 Å². The van der Waals surface area contributed by atoms with Gasteiger partial charge < -0.3 is 15.7 Å². The third-order valence-electron chi connectivity index (χ3n) is 5.64. The maximum atomic E-state index is 12.4. The van der Waals surface area contributed by atoms with Crippen LogP contribution in [0.4, 0.5) is 0 Å². The zero-order valence-electron chi connectivity index (χ0n) is 15.3. The van der Waals surface area contributed by atoms with Crippen molar-refractivity contribution in [1.29, 1.82) is 0 Å². The second-order valence-electron chi connectivity index (χ2n) is 7.11. The number of nitrogens with one attached hydrogen (secondary N) is 2. The summed E-state index contributed by atoms with van der Waals surface area (Å²) in [5.41, 5.74) is 1.50. The topological polar surface area (TPSA) is 74.2 Å². The summed E-state index contributed by atoms with van der Waals surface area (Å²) in [5.74, 6) is -0.155. The Bertz CT molecular complexity index is 748. The van der Waals surface area contributed by atoms with Crippen molar-refractivity contribution in [2.75, 3.05) is 26.2 Å². The molecule has 1 amide bonds. The van der Waals surface area contributed by atoms with Gasteiger partial charge in [0.1, 0.15) is 5.15 Å². The zero-order chi connectivity index (χ0) is 19.1. The van der Waals surface area contributed by atoms with Crippen LogP contribution in [-0.2, 0) is 0 Å². The Kier molecular flexibility index (Phi) is 6.83. The number of halogens is 1. The largest absolute Gasteiger partial charge is 0.396 e. The SMILES string of the molecule is O=C(NCCC1(C(CO)c2ccccc2)CCNCC1)c1cccnc1Cl. The molecule has 0 aliphatic carbocycles. The highest BCUT2D eigenvalue weighted by Crippen LogP contribution is 2.45. The van der Waals surface area contributed by atoms with Crippen LogP contribution in [0.25, 0.3) is 0 Å². The number of carbonyl (C=O) groups is 1. The van der Waals surface area contributed by atoms with Crippen LogP contribution in [0, 0.1) is 5.41 Å². The van der Waals surface area contributed by atoms with Crippen molar-refractivity contribution < 1.29 is 9.90 Å². The van der Waals surface area contributed by atoms with Gasteiger partial charge in [-0.15, -0.1) is 0 Å². The van der Waals surface area contributed by atoms with Crippen molar-refractivity contribution >= 4 is 17.5 Å². The fraction of sp³-hybridized carbons (Fsp3) is 0.429. The molecule has 0 radical (unpaired) electrons. The Hall–Kier alpha value is -1.95. The van der Waals surface area contributed by atoms with Gasteiger partial charge in [0, 0.05) is 18.7 Å². The molecule has 2 heterocycles. The summed E-state index contributed by atoms with van der Waals surface area (Å²) in [6, 6.07) is 13.6. The van der Waals surface area contributed by atoms with Crippen LogP contribution < -0.4 is 10.6 Å². The van der Waals surface area contributed by atoms with E-state index in [0.717, 1.165) is 37.9 Å². The van der Waals surface area contributed by atoms with Gasteiger partial charge in [-0.1, -0.05) is 41.9 Å². The molecule has 5 nitrogen and oxygen atoms in total. The first-order valence-electron chi connectivity index (χ1n) is 9.41. The summed E-state index contributed by atoms with van der Waals surface area (Å²) >= 11 is 6.01. The monoisotopic (exact) mass is 387 g/mol. The summed E-state index contributed by atoms with van der Waals surface area (Å²) in [7, 11) is 0. The summed E-state index contributed by atoms with van der Waals surface area (Å²) in [4.78, 5) is 16.4. The number of amides is 1. The second-order valence-corrected chi connectivity index (χ2v) is 7.46. The Morgan fingerprint density at radius 2 is 1.96 bits per heavy atom. The molecule has 1 saturated heterocycles. The number of aliphatic hydroxyl groups excluding tert-OH is 1. The van der Waals surface area contributed by atoms with Gasteiger partial charge in [-0.3, -0.25) is 4.79 Å². The van der Waals surface area contributed by atoms with Gasteiger partial charge in [0.15, 0.2) is 0 Å². The molecule has 27 heavy (non-hydrogen) atoms. The van der Waals surface area contributed by atoms with Crippen LogP contribution in [0.2, 0.25) is 5.15 Å². The Balaban J connectivity index is 1.71. The molecule has 1 fully saturated rings. The number of benzene rings is 1. The smallest absolute Gasteiger partial charge is 0.254 e. The molecule has 1 unspecified atom stereocenters. The van der Waals surface area contributed by atoms with E-state index >= 15 is 0 Å². The normalized spacial score (nSPS) is 17.3. The number of hydrogen-bond donors (Lipinski definition) is 3. The van der Waals surface area contributed by atoms with Crippen molar-refractivity contribution in [3.05, 3.63) is 64.9 Å². The molecule has 1 aromatic heterocycles. The van der Waals surface area contributed by atoms with E-state index in [1.54, 1.807) is 18.3 Å². The first-order chi connectivity index (χ1) is 13.2. The summed E-state index contributed by atoms with van der Waals surface area (Å²) in [5, 5.41) is 16.8. The van der Waals surface area contributed by atoms with Crippen molar-refractivity contribution in [2.45, 2.75) is 25.2 Å². The number of pyridine rings is 1. The van der Waals surface area contributed by atoms with Gasteiger partial charge in [-0.2, -0.15) is 0 Å². The Morgan fingerprint density at radius 3 is 2.63 bits per heavy atom. The van der Waals surface area contributed by atoms with Crippen LogP contribution in [0.3, 0.4) is 0 Å². The summed E-state index contributed by atoms with van der Waals surface area (Å²) < 4.78 is 0. The third-order valence-corrected chi connectivity index (χ3v) is 5.94. The van der Waals surface area contributed by atoms with Gasteiger partial charge in [0.25, 0.3) is 5.91 Å². The Morgan fingerprint density at radius 1 is 1.22 bits per heavy atom. The Labute approximate surface area is 165 Å². The molecular formula is C21H26ClN3O2. The lowest BCUT2D eigenvalue weighted by atomic mass is 9.65. The van der Waals surface area contributed by atoms with Crippen molar-refractivity contribution in [3.63, 3.8) is 0 Å². The van der Waals surface area contributed by atoms with Crippen LogP contribution in [0.1, 0.15) is 41.1 Å². The number of carbonyl (C=O) groups excluding carboxylic acids is 1. The molecule has 0 spiro atoms. The first kappa shape index (κ1) is 19.8. The van der Waals surface area contributed by atoms with Crippen LogP contribution in [-0.4, -0.2) is 42.2 Å². The minimum absolute atomic E-state index is 0.0482. The minimum atomic E-state index is -0.211. The molecule has 3 N–H and O–H groups in total. The van der Waals surface area contributed by atoms with E-state index in [1.165, 1.54) is 0 Å². The maximum absolute atomic E-state index is 12.4. The minimum Gasteiger partial charge on any atom is -0.396 e. The van der Waals surface area contributed by atoms with Gasteiger partial charge >= 0.3 is 0 Å². The molecule has 1 aromatic carbocycles. The zero-order valence-corrected chi connectivity index (χ0v) is 16.1. The fourth-order valence-corrected chi connectivity index (χ4v) is 4.32. The lowest BCUT2D eigenvalue weighted by molar-refractivity contribution is 0.0855. The first-order valence-corrected chi connectivity index (χ1v) is 9.79. The molecule has 0 saturated carbocycles. The van der Waals surface area contributed by atoms with E-state index in [1.807, 2.05) is 18.2 Å². The van der Waals surface area contributed by atoms with Crippen molar-refractivity contribution in [3.8, 4) is 0 Å². The molecule has 144 valence electrons. The summed E-state index contributed by atoms with van der Waals surface area (Å²) in [6.07, 6.45) is 4.31. The van der Waals surface area contributed by atoms with Gasteiger partial charge in [-0.05, 0) is 55.5 Å². The van der Waals surface area contributed by atoms with E-state index in [4.69, 9.17) is 11.6 Å². The molecule has 1 aliphatic rings. The van der Waals surface area contributed by atoms with Gasteiger partial charge in [0.05, 0.1) is 12.2 Å². The number of aliphatic hydroxyl groups is 1. The number of hydrogen-bond acceptors (Lipinski definition) is 4. The van der Waals surface area contributed by atoms with Crippen molar-refractivity contribution in [1.82, 2.24) is 15.6 Å². The van der Waals surface area contributed by atoms with E-state index in [0.29, 0.717) is 12.1 Å². The highest BCUT2D eigenvalue weighted by Gasteiger charge is 2.39. The fourth-order valence-electron chi connectivity index (χ4n) is 4.11. The lowest BCUT2D eigenvalue weighted by Crippen LogP contribution is -2.44. The van der Waals surface area contributed by atoms with Gasteiger partial charge in [0.2, 0.25) is 0 Å². The quantitative estimate of drug-likeness (QED) is 0.638. The predicted molar refractivity (Wildman–Crippen MR) is 107 cm³/mol. The van der Waals surface area contributed by atoms with E-state index in [-0.39, 0.29) is 29.0 Å². The summed E-state index contributed by atoms with van der Waals surface area (Å²) in [6.45, 7) is 2.48. The highest BCUT2D eigenvalue weighted by molar-refractivity contribution is 6.32. The molecule has 3 rings (SSSR count). The highest BCUT2D eigenvalue weighted by atomic mass is 35.5. The van der Waals surface area contributed by atoms with E-state index in [2.05, 4.69) is 27.8 Å². The maximum Gasteiger partial charge on any atom is 0.254 e. The number of aromatic nitrogens is 1. The van der Waals surface area contributed by atoms with Crippen LogP contribution >= 0.6 is 11.6 Å². The average Bonchev–Trinajstić information content (AvgIpc) is 2.70. The molecule has 1 atom stereocenters. The number of rotatable bonds is 7. The van der Waals surface area contributed by atoms with Gasteiger partial charge in [-0.25, -0.2) is 4.98 Å². The average molecular weight is 388 g/mol. The van der Waals surface area contributed by atoms with Crippen LogP contribution in [0.15, 0.2) is 48.7 Å². The third kappa shape index (κ3) is 4.67. The molecule has 1 aliphatic heterocycles. The van der Waals surface area contributed by atoms with E-state index in [9.17, 15) is 9.90 Å². The van der Waals surface area contributed by atoms with E-state index < -0.39 is 0 Å². The predicted octanol–water partition coefficient (Wildman–Crippen LogP) is 3.00. The van der Waals surface area contributed by atoms with Crippen LogP contribution in [0.5, 0.6) is 0 Å². The molecule has 0 bridgehead atoms. The molecular weight excluding hydrogens is 362 g/mol. The lowest BCUT2D eigenvalue weighted by Gasteiger charge is -2.44. The molecule has 2 aromatic rings. The standard InChI is InChI=1S/C21H26ClN3O2/c22-19-17(7-4-11-24-19)20(27)25-14-10-21(8-12-23-13-9-21)18(15-26)16-5-2-1-3-6-16/h1-7,11,18,23,26H,8-10,12-15H2,(H,25,27).